The van der Waals surface area contributed by atoms with Crippen molar-refractivity contribution in [1.29, 1.82) is 0 Å². The van der Waals surface area contributed by atoms with Gasteiger partial charge in [-0.2, -0.15) is 15.3 Å². The Bertz CT molecular complexity index is 1400. The molecule has 36 heavy (non-hydrogen) atoms. The van der Waals surface area contributed by atoms with Crippen LogP contribution >= 0.6 is 11.3 Å². The number of nitrogens with zero attached hydrogens (tertiary/aromatic N) is 6. The molecule has 0 unspecified atom stereocenters. The monoisotopic (exact) mass is 502 g/mol. The first-order chi connectivity index (χ1) is 17.3. The molecular weight excluding hydrogens is 472 g/mol. The SMILES string of the molecule is C.Cc1nn2ccc(OCCN3CCOCC3)cc2c1-c1nc(-c2ccccc2)c(C2=NN=CC2)s1. The molecule has 0 radical (unpaired) electrons. The van der Waals surface area contributed by atoms with E-state index in [2.05, 4.69) is 33.3 Å². The van der Waals surface area contributed by atoms with E-state index in [9.17, 15) is 0 Å². The molecule has 1 aromatic carbocycles. The van der Waals surface area contributed by atoms with Gasteiger partial charge in [0.05, 0.1) is 46.3 Å². The van der Waals surface area contributed by atoms with Gasteiger partial charge in [0.1, 0.15) is 17.4 Å². The van der Waals surface area contributed by atoms with Crippen LogP contribution in [0.1, 0.15) is 24.4 Å². The number of hydrogen-bond donors (Lipinski definition) is 0. The molecule has 5 heterocycles. The van der Waals surface area contributed by atoms with Crippen molar-refractivity contribution in [3.8, 4) is 27.6 Å². The van der Waals surface area contributed by atoms with Gasteiger partial charge in [-0.25, -0.2) is 9.50 Å². The Balaban J connectivity index is 0.00000267. The fraction of sp³-hybridized carbons (Fsp3) is 0.333. The third-order valence-corrected chi connectivity index (χ3v) is 7.38. The molecular formula is C27H30N6O2S. The number of morpholine rings is 1. The van der Waals surface area contributed by atoms with Crippen LogP contribution in [0.15, 0.2) is 58.9 Å². The van der Waals surface area contributed by atoms with E-state index in [0.717, 1.165) is 88.6 Å². The second kappa shape index (κ2) is 10.7. The fourth-order valence-electron chi connectivity index (χ4n) is 4.45. The van der Waals surface area contributed by atoms with E-state index in [1.165, 1.54) is 0 Å². The minimum absolute atomic E-state index is 0. The lowest BCUT2D eigenvalue weighted by atomic mass is 10.1. The number of ether oxygens (including phenoxy) is 2. The van der Waals surface area contributed by atoms with E-state index in [1.54, 1.807) is 11.3 Å². The van der Waals surface area contributed by atoms with Crippen molar-refractivity contribution in [2.45, 2.75) is 20.8 Å². The molecule has 0 saturated carbocycles. The molecule has 0 aliphatic carbocycles. The number of pyridine rings is 1. The number of thiazole rings is 1. The van der Waals surface area contributed by atoms with Crippen molar-refractivity contribution in [2.24, 2.45) is 10.2 Å². The third-order valence-electron chi connectivity index (χ3n) is 6.26. The van der Waals surface area contributed by atoms with E-state index in [4.69, 9.17) is 19.6 Å². The smallest absolute Gasteiger partial charge is 0.128 e. The summed E-state index contributed by atoms with van der Waals surface area (Å²) in [5, 5.41) is 14.1. The zero-order valence-electron chi connectivity index (χ0n) is 19.6. The predicted molar refractivity (Wildman–Crippen MR) is 146 cm³/mol. The van der Waals surface area contributed by atoms with Gasteiger partial charge >= 0.3 is 0 Å². The van der Waals surface area contributed by atoms with Gasteiger partial charge in [0.2, 0.25) is 0 Å². The Kier molecular flexibility index (Phi) is 7.22. The maximum Gasteiger partial charge on any atom is 0.128 e. The average Bonchev–Trinajstić information content (AvgIpc) is 3.63. The number of rotatable bonds is 7. The van der Waals surface area contributed by atoms with Crippen molar-refractivity contribution in [3.63, 3.8) is 0 Å². The number of benzene rings is 1. The van der Waals surface area contributed by atoms with Crippen LogP contribution < -0.4 is 4.74 Å². The van der Waals surface area contributed by atoms with Crippen molar-refractivity contribution in [3.05, 3.63) is 59.2 Å². The van der Waals surface area contributed by atoms with Crippen LogP contribution in [0.2, 0.25) is 0 Å². The lowest BCUT2D eigenvalue weighted by Gasteiger charge is -2.26. The molecule has 186 valence electrons. The molecule has 6 rings (SSSR count). The molecule has 2 aliphatic heterocycles. The Morgan fingerprint density at radius 2 is 1.94 bits per heavy atom. The second-order valence-corrected chi connectivity index (χ2v) is 9.57. The zero-order valence-corrected chi connectivity index (χ0v) is 20.4. The van der Waals surface area contributed by atoms with Gasteiger partial charge in [0.25, 0.3) is 0 Å². The summed E-state index contributed by atoms with van der Waals surface area (Å²) >= 11 is 1.65. The molecule has 9 heteroatoms. The standard InChI is InChI=1S/C26H26N6O2S.CH4/c1-18-23(22-17-20(8-10-32(22)30-18)34-16-13-31-11-14-33-15-12-31)26-28-24(19-5-3-2-4-6-19)25(35-26)21-7-9-27-29-21;/h2-6,8-10,17H,7,11-16H2,1H3;1H4. The minimum Gasteiger partial charge on any atom is -0.492 e. The highest BCUT2D eigenvalue weighted by atomic mass is 32.1. The highest BCUT2D eigenvalue weighted by molar-refractivity contribution is 7.17. The maximum absolute atomic E-state index is 6.12. The highest BCUT2D eigenvalue weighted by Gasteiger charge is 2.23. The fourth-order valence-corrected chi connectivity index (χ4v) is 5.63. The molecule has 0 atom stereocenters. The van der Waals surface area contributed by atoms with Crippen molar-refractivity contribution < 1.29 is 9.47 Å². The second-order valence-electron chi connectivity index (χ2n) is 8.57. The van der Waals surface area contributed by atoms with Crippen LogP contribution in [-0.2, 0) is 4.74 Å². The van der Waals surface area contributed by atoms with Crippen molar-refractivity contribution >= 4 is 28.8 Å². The molecule has 0 bridgehead atoms. The molecule has 0 amide bonds. The Labute approximate surface area is 214 Å². The van der Waals surface area contributed by atoms with Gasteiger partial charge < -0.3 is 9.47 Å². The van der Waals surface area contributed by atoms with Crippen LogP contribution in [0.5, 0.6) is 5.75 Å². The van der Waals surface area contributed by atoms with Crippen LogP contribution in [0.25, 0.3) is 27.3 Å². The predicted octanol–water partition coefficient (Wildman–Crippen LogP) is 4.96. The first-order valence-corrected chi connectivity index (χ1v) is 12.6. The van der Waals surface area contributed by atoms with Gasteiger partial charge in [-0.15, -0.1) is 11.3 Å². The highest BCUT2D eigenvalue weighted by Crippen LogP contribution is 2.39. The summed E-state index contributed by atoms with van der Waals surface area (Å²) in [6.45, 7) is 7.06. The number of aromatic nitrogens is 3. The summed E-state index contributed by atoms with van der Waals surface area (Å²) in [4.78, 5) is 8.53. The van der Waals surface area contributed by atoms with Gasteiger partial charge in [-0.05, 0) is 13.0 Å². The van der Waals surface area contributed by atoms with Crippen molar-refractivity contribution in [1.82, 2.24) is 19.5 Å². The zero-order chi connectivity index (χ0) is 23.6. The normalized spacial score (nSPS) is 15.8. The molecule has 2 aliphatic rings. The van der Waals surface area contributed by atoms with Crippen LogP contribution in [-0.4, -0.2) is 70.9 Å². The summed E-state index contributed by atoms with van der Waals surface area (Å²) < 4.78 is 13.5. The molecule has 1 fully saturated rings. The summed E-state index contributed by atoms with van der Waals surface area (Å²) in [6.07, 6.45) is 4.51. The Hall–Kier alpha value is -3.40. The lowest BCUT2D eigenvalue weighted by Crippen LogP contribution is -2.38. The first kappa shape index (κ1) is 24.3. The third kappa shape index (κ3) is 4.82. The largest absolute Gasteiger partial charge is 0.492 e. The van der Waals surface area contributed by atoms with Crippen LogP contribution in [0, 0.1) is 6.92 Å². The van der Waals surface area contributed by atoms with Gasteiger partial charge in [0.15, 0.2) is 0 Å². The number of aryl methyl sites for hydroxylation is 1. The summed E-state index contributed by atoms with van der Waals surface area (Å²) in [7, 11) is 0. The van der Waals surface area contributed by atoms with E-state index < -0.39 is 0 Å². The Morgan fingerprint density at radius 3 is 2.72 bits per heavy atom. The molecule has 3 aromatic heterocycles. The number of hydrogen-bond acceptors (Lipinski definition) is 8. The number of fused-ring (bicyclic) bond motifs is 1. The van der Waals surface area contributed by atoms with Crippen molar-refractivity contribution in [2.75, 3.05) is 39.5 Å². The van der Waals surface area contributed by atoms with Gasteiger partial charge in [-0.1, -0.05) is 37.8 Å². The topological polar surface area (TPSA) is 76.6 Å². The summed E-state index contributed by atoms with van der Waals surface area (Å²) in [5.74, 6) is 0.834. The molecule has 0 N–H and O–H groups in total. The minimum atomic E-state index is 0. The van der Waals surface area contributed by atoms with Gasteiger partial charge in [0, 0.05) is 50.1 Å². The summed E-state index contributed by atoms with van der Waals surface area (Å²) in [5.41, 5.74) is 5.90. The Morgan fingerprint density at radius 1 is 1.11 bits per heavy atom. The van der Waals surface area contributed by atoms with E-state index >= 15 is 0 Å². The summed E-state index contributed by atoms with van der Waals surface area (Å²) in [6, 6.07) is 14.3. The quantitative estimate of drug-likeness (QED) is 0.357. The van der Waals surface area contributed by atoms with E-state index in [1.807, 2.05) is 48.1 Å². The van der Waals surface area contributed by atoms with Gasteiger partial charge in [-0.3, -0.25) is 4.90 Å². The van der Waals surface area contributed by atoms with Crippen LogP contribution in [0.4, 0.5) is 0 Å². The molecule has 4 aromatic rings. The molecule has 1 saturated heterocycles. The van der Waals surface area contributed by atoms with E-state index in [-0.39, 0.29) is 7.43 Å². The average molecular weight is 503 g/mol. The maximum atomic E-state index is 6.12. The first-order valence-electron chi connectivity index (χ1n) is 11.8. The molecule has 0 spiro atoms. The van der Waals surface area contributed by atoms with E-state index in [0.29, 0.717) is 6.61 Å². The molecule has 8 nitrogen and oxygen atoms in total. The lowest BCUT2D eigenvalue weighted by molar-refractivity contribution is 0.0322. The van der Waals surface area contributed by atoms with Crippen LogP contribution in [0.3, 0.4) is 0 Å².